The van der Waals surface area contributed by atoms with Crippen LogP contribution in [-0.4, -0.2) is 28.9 Å². The van der Waals surface area contributed by atoms with Crippen molar-refractivity contribution in [2.75, 3.05) is 10.2 Å². The molecule has 2 N–H and O–H groups in total. The average molecular weight is 606 g/mol. The normalized spacial score (nSPS) is 15.2. The number of amides is 4. The minimum absolute atomic E-state index is 0.0318. The van der Waals surface area contributed by atoms with Gasteiger partial charge in [-0.2, -0.15) is 0 Å². The van der Waals surface area contributed by atoms with Gasteiger partial charge in [0.25, 0.3) is 11.8 Å². The van der Waals surface area contributed by atoms with Gasteiger partial charge in [0.1, 0.15) is 11.5 Å². The number of nitrogens with zero attached hydrogens (tertiary/aromatic N) is 1. The maximum Gasteiger partial charge on any atom is 0.272 e. The Bertz CT molecular complexity index is 1640. The Hall–Kier alpha value is -4.31. The lowest BCUT2D eigenvalue weighted by atomic mass is 10.2. The van der Waals surface area contributed by atoms with Crippen molar-refractivity contribution >= 4 is 76.0 Å². The molecule has 1 aliphatic heterocycles. The smallest absolute Gasteiger partial charge is 0.272 e. The van der Waals surface area contributed by atoms with Crippen LogP contribution in [-0.2, 0) is 14.4 Å². The molecule has 1 atom stereocenters. The van der Waals surface area contributed by atoms with Gasteiger partial charge in [-0.05, 0) is 54.6 Å². The summed E-state index contributed by atoms with van der Waals surface area (Å²) in [5.74, 6) is -1.51. The standard InChI is InChI=1S/C30H21Cl2N3O5S/c31-22-12-5-13-23(32)27(22)35-26(36)17-25(30(35)39)41-21-11-4-9-19(15-21)33-29(38)24(16-20-10-6-14-40-20)34-28(37)18-7-2-1-3-8-18/h1-16,25H,17H2,(H,33,38)(H,34,37). The van der Waals surface area contributed by atoms with Gasteiger partial charge >= 0.3 is 0 Å². The lowest BCUT2D eigenvalue weighted by Gasteiger charge is -2.18. The number of anilines is 2. The van der Waals surface area contributed by atoms with Crippen molar-refractivity contribution in [3.05, 3.63) is 118 Å². The van der Waals surface area contributed by atoms with Gasteiger partial charge in [0.05, 0.1) is 27.2 Å². The summed E-state index contributed by atoms with van der Waals surface area (Å²) >= 11 is 13.7. The highest BCUT2D eigenvalue weighted by atomic mass is 35.5. The minimum Gasteiger partial charge on any atom is -0.465 e. The predicted octanol–water partition coefficient (Wildman–Crippen LogP) is 6.42. The van der Waals surface area contributed by atoms with Crippen LogP contribution in [0.25, 0.3) is 6.08 Å². The molecular formula is C30H21Cl2N3O5S. The molecule has 4 aromatic rings. The number of rotatable bonds is 8. The second-order valence-corrected chi connectivity index (χ2v) is 10.9. The highest BCUT2D eigenvalue weighted by Crippen LogP contribution is 2.40. The first kappa shape index (κ1) is 28.2. The van der Waals surface area contributed by atoms with E-state index in [1.165, 1.54) is 24.1 Å². The van der Waals surface area contributed by atoms with E-state index in [1.807, 2.05) is 0 Å². The Balaban J connectivity index is 1.31. The third-order valence-electron chi connectivity index (χ3n) is 6.00. The molecule has 8 nitrogen and oxygen atoms in total. The van der Waals surface area contributed by atoms with Crippen LogP contribution in [0.1, 0.15) is 22.5 Å². The van der Waals surface area contributed by atoms with Gasteiger partial charge in [-0.3, -0.25) is 19.2 Å². The van der Waals surface area contributed by atoms with Gasteiger partial charge in [0.15, 0.2) is 0 Å². The van der Waals surface area contributed by atoms with E-state index in [4.69, 9.17) is 27.6 Å². The van der Waals surface area contributed by atoms with Gasteiger partial charge in [-0.25, -0.2) is 4.90 Å². The number of imide groups is 1. The molecule has 5 rings (SSSR count). The molecule has 3 aromatic carbocycles. The zero-order valence-corrected chi connectivity index (χ0v) is 23.5. The molecule has 1 fully saturated rings. The van der Waals surface area contributed by atoms with Gasteiger partial charge in [-0.15, -0.1) is 11.8 Å². The fourth-order valence-corrected chi connectivity index (χ4v) is 5.78. The van der Waals surface area contributed by atoms with Gasteiger partial charge in [-0.1, -0.05) is 53.5 Å². The van der Waals surface area contributed by atoms with E-state index in [0.29, 0.717) is 21.9 Å². The number of furan rings is 1. The number of hydrogen-bond acceptors (Lipinski definition) is 6. The summed E-state index contributed by atoms with van der Waals surface area (Å²) in [5.41, 5.74) is 0.938. The first-order valence-corrected chi connectivity index (χ1v) is 13.9. The SMILES string of the molecule is O=C(Nc1cccc(SC2CC(=O)N(c3c(Cl)cccc3Cl)C2=O)c1)C(=Cc1ccco1)NC(=O)c1ccccc1. The van der Waals surface area contributed by atoms with Crippen LogP contribution >= 0.6 is 35.0 Å². The molecule has 1 saturated heterocycles. The zero-order chi connectivity index (χ0) is 28.9. The lowest BCUT2D eigenvalue weighted by molar-refractivity contribution is -0.121. The molecule has 0 radical (unpaired) electrons. The van der Waals surface area contributed by atoms with E-state index in [9.17, 15) is 19.2 Å². The maximum absolute atomic E-state index is 13.2. The molecule has 1 aromatic heterocycles. The number of carbonyl (C=O) groups is 4. The summed E-state index contributed by atoms with van der Waals surface area (Å²) in [6.07, 6.45) is 2.84. The Morgan fingerprint density at radius 1 is 0.927 bits per heavy atom. The first-order valence-electron chi connectivity index (χ1n) is 12.3. The third kappa shape index (κ3) is 6.54. The van der Waals surface area contributed by atoms with E-state index in [1.54, 1.807) is 84.9 Å². The summed E-state index contributed by atoms with van der Waals surface area (Å²) in [6, 6.07) is 23.4. The van der Waals surface area contributed by atoms with Crippen molar-refractivity contribution in [3.8, 4) is 0 Å². The van der Waals surface area contributed by atoms with Crippen LogP contribution in [0.15, 0.2) is 106 Å². The van der Waals surface area contributed by atoms with Gasteiger partial charge in [0.2, 0.25) is 11.8 Å². The minimum atomic E-state index is -0.708. The Labute approximate surface area is 249 Å². The van der Waals surface area contributed by atoms with Crippen LogP contribution in [0.5, 0.6) is 0 Å². The fourth-order valence-electron chi connectivity index (χ4n) is 4.10. The Morgan fingerprint density at radius 2 is 1.66 bits per heavy atom. The molecule has 2 heterocycles. The van der Waals surface area contributed by atoms with Crippen molar-refractivity contribution in [2.45, 2.75) is 16.6 Å². The van der Waals surface area contributed by atoms with Crippen molar-refractivity contribution in [2.24, 2.45) is 0 Å². The van der Waals surface area contributed by atoms with E-state index in [2.05, 4.69) is 10.6 Å². The second-order valence-electron chi connectivity index (χ2n) is 8.82. The van der Waals surface area contributed by atoms with Gasteiger partial charge in [0, 0.05) is 28.6 Å². The summed E-state index contributed by atoms with van der Waals surface area (Å²) in [7, 11) is 0. The summed E-state index contributed by atoms with van der Waals surface area (Å²) in [4.78, 5) is 53.6. The molecule has 0 aliphatic carbocycles. The number of carbonyl (C=O) groups excluding carboxylic acids is 4. The fraction of sp³-hybridized carbons (Fsp3) is 0.0667. The number of nitrogens with one attached hydrogen (secondary N) is 2. The molecule has 1 aliphatic rings. The molecule has 0 saturated carbocycles. The Kier molecular flexibility index (Phi) is 8.58. The zero-order valence-electron chi connectivity index (χ0n) is 21.2. The van der Waals surface area contributed by atoms with Crippen molar-refractivity contribution in [1.29, 1.82) is 0 Å². The van der Waals surface area contributed by atoms with E-state index < -0.39 is 28.9 Å². The molecule has 1 unspecified atom stereocenters. The number of para-hydroxylation sites is 1. The molecular weight excluding hydrogens is 585 g/mol. The monoisotopic (exact) mass is 605 g/mol. The largest absolute Gasteiger partial charge is 0.465 e. The number of halogens is 2. The summed E-state index contributed by atoms with van der Waals surface area (Å²) < 4.78 is 5.33. The predicted molar refractivity (Wildman–Crippen MR) is 159 cm³/mol. The third-order valence-corrected chi connectivity index (χ3v) is 7.78. The van der Waals surface area contributed by atoms with E-state index >= 15 is 0 Å². The van der Waals surface area contributed by atoms with Crippen molar-refractivity contribution in [3.63, 3.8) is 0 Å². The van der Waals surface area contributed by atoms with Gasteiger partial charge < -0.3 is 15.1 Å². The molecule has 206 valence electrons. The molecule has 11 heteroatoms. The number of benzene rings is 3. The molecule has 41 heavy (non-hydrogen) atoms. The molecule has 0 bridgehead atoms. The highest BCUT2D eigenvalue weighted by Gasteiger charge is 2.41. The van der Waals surface area contributed by atoms with Crippen molar-refractivity contribution in [1.82, 2.24) is 5.32 Å². The summed E-state index contributed by atoms with van der Waals surface area (Å²) in [6.45, 7) is 0. The average Bonchev–Trinajstić information content (AvgIpc) is 3.57. The summed E-state index contributed by atoms with van der Waals surface area (Å²) in [5, 5.41) is 5.11. The second kappa shape index (κ2) is 12.5. The number of thioether (sulfide) groups is 1. The first-order chi connectivity index (χ1) is 19.8. The van der Waals surface area contributed by atoms with E-state index in [0.717, 1.165) is 4.90 Å². The Morgan fingerprint density at radius 3 is 2.37 bits per heavy atom. The van der Waals surface area contributed by atoms with Crippen molar-refractivity contribution < 1.29 is 23.6 Å². The topological polar surface area (TPSA) is 109 Å². The molecule has 0 spiro atoms. The van der Waals surface area contributed by atoms with Crippen LogP contribution in [0, 0.1) is 0 Å². The quantitative estimate of drug-likeness (QED) is 0.177. The van der Waals surface area contributed by atoms with Crippen LogP contribution in [0.4, 0.5) is 11.4 Å². The lowest BCUT2D eigenvalue weighted by Crippen LogP contribution is -2.31. The highest BCUT2D eigenvalue weighted by molar-refractivity contribution is 8.00. The van der Waals surface area contributed by atoms with Crippen LogP contribution in [0.2, 0.25) is 10.0 Å². The van der Waals surface area contributed by atoms with Crippen LogP contribution in [0.3, 0.4) is 0 Å². The van der Waals surface area contributed by atoms with Crippen LogP contribution < -0.4 is 15.5 Å². The van der Waals surface area contributed by atoms with E-state index in [-0.39, 0.29) is 27.9 Å². The molecule has 4 amide bonds. The maximum atomic E-state index is 13.2. The number of hydrogen-bond donors (Lipinski definition) is 2.